The lowest BCUT2D eigenvalue weighted by Gasteiger charge is -2.14. The number of ether oxygens (including phenoxy) is 3. The number of hydrogen-bond donors (Lipinski definition) is 1. The van der Waals surface area contributed by atoms with Crippen LogP contribution in [0.15, 0.2) is 46.0 Å². The summed E-state index contributed by atoms with van der Waals surface area (Å²) in [6, 6.07) is 12.8. The maximum Gasteiger partial charge on any atom is 0.175 e. The van der Waals surface area contributed by atoms with E-state index in [-0.39, 0.29) is 6.61 Å². The molecule has 0 spiro atoms. The van der Waals surface area contributed by atoms with E-state index in [9.17, 15) is 5.26 Å². The normalized spacial score (nSPS) is 10.9. The van der Waals surface area contributed by atoms with Crippen molar-refractivity contribution in [2.75, 3.05) is 19.6 Å². The first-order chi connectivity index (χ1) is 16.4. The zero-order valence-corrected chi connectivity index (χ0v) is 21.8. The highest BCUT2D eigenvalue weighted by molar-refractivity contribution is 9.10. The van der Waals surface area contributed by atoms with Gasteiger partial charge in [-0.3, -0.25) is 5.43 Å². The summed E-state index contributed by atoms with van der Waals surface area (Å²) in [6.07, 6.45) is 1.59. The molecule has 0 amide bonds. The van der Waals surface area contributed by atoms with Crippen molar-refractivity contribution in [1.82, 2.24) is 4.98 Å². The maximum absolute atomic E-state index is 9.54. The molecule has 0 aliphatic rings. The predicted octanol–water partition coefficient (Wildman–Crippen LogP) is 6.51. The molecule has 0 unspecified atom stereocenters. The number of methoxy groups -OCH3 is 2. The molecule has 0 aliphatic carbocycles. The fourth-order valence-electron chi connectivity index (χ4n) is 3.13. The number of rotatable bonds is 9. The van der Waals surface area contributed by atoms with E-state index in [0.29, 0.717) is 44.0 Å². The van der Waals surface area contributed by atoms with Crippen LogP contribution >= 0.6 is 39.1 Å². The molecule has 3 aromatic rings. The Morgan fingerprint density at radius 3 is 2.62 bits per heavy atom. The van der Waals surface area contributed by atoms with Crippen molar-refractivity contribution in [1.29, 1.82) is 5.26 Å². The van der Waals surface area contributed by atoms with Gasteiger partial charge in [-0.15, -0.1) is 0 Å². The summed E-state index contributed by atoms with van der Waals surface area (Å²) in [5.74, 6) is 1.39. The van der Waals surface area contributed by atoms with Crippen molar-refractivity contribution in [3.63, 3.8) is 0 Å². The summed E-state index contributed by atoms with van der Waals surface area (Å²) in [5.41, 5.74) is 6.24. The van der Waals surface area contributed by atoms with E-state index in [2.05, 4.69) is 37.5 Å². The van der Waals surface area contributed by atoms with Crippen LogP contribution < -0.4 is 14.9 Å². The standard InChI is InChI=1S/C24H21BrCl2N4O3/c1-14-6-17(12-32-2)19(10-28)24(30-14)31-29-11-15-7-20(25)23(22(8-15)33-3)34-13-16-4-5-18(26)9-21(16)27/h4-9,11H,12-13H2,1-3H3,(H,30,31)/b29-11-. The molecular weight excluding hydrogens is 543 g/mol. The molecule has 0 radical (unpaired) electrons. The van der Waals surface area contributed by atoms with Crippen molar-refractivity contribution in [2.45, 2.75) is 20.1 Å². The number of nitrogens with one attached hydrogen (secondary N) is 1. The van der Waals surface area contributed by atoms with Crippen LogP contribution in [0.3, 0.4) is 0 Å². The molecule has 34 heavy (non-hydrogen) atoms. The molecule has 1 N–H and O–H groups in total. The van der Waals surface area contributed by atoms with Gasteiger partial charge in [-0.25, -0.2) is 4.98 Å². The monoisotopic (exact) mass is 562 g/mol. The molecule has 1 aromatic heterocycles. The van der Waals surface area contributed by atoms with Gasteiger partial charge in [0.25, 0.3) is 0 Å². The van der Waals surface area contributed by atoms with Gasteiger partial charge in [-0.2, -0.15) is 10.4 Å². The third kappa shape index (κ3) is 6.39. The van der Waals surface area contributed by atoms with Crippen LogP contribution in [0.5, 0.6) is 11.5 Å². The van der Waals surface area contributed by atoms with E-state index in [0.717, 1.165) is 22.4 Å². The lowest BCUT2D eigenvalue weighted by molar-refractivity contribution is 0.184. The maximum atomic E-state index is 9.54. The molecule has 7 nitrogen and oxygen atoms in total. The molecular formula is C24H21BrCl2N4O3. The zero-order chi connectivity index (χ0) is 24.7. The van der Waals surface area contributed by atoms with Crippen LogP contribution in [-0.2, 0) is 18.0 Å². The number of pyridine rings is 1. The summed E-state index contributed by atoms with van der Waals surface area (Å²) in [6.45, 7) is 2.38. The fourth-order valence-corrected chi connectivity index (χ4v) is 4.16. The van der Waals surface area contributed by atoms with Gasteiger partial charge in [-0.1, -0.05) is 29.3 Å². The fraction of sp³-hybridized carbons (Fsp3) is 0.208. The van der Waals surface area contributed by atoms with E-state index in [1.54, 1.807) is 38.6 Å². The first-order valence-electron chi connectivity index (χ1n) is 9.99. The second-order valence-corrected chi connectivity index (χ2v) is 8.82. The Morgan fingerprint density at radius 1 is 1.15 bits per heavy atom. The summed E-state index contributed by atoms with van der Waals surface area (Å²) in [5, 5.41) is 14.9. The third-order valence-corrected chi connectivity index (χ3v) is 5.84. The van der Waals surface area contributed by atoms with Crippen molar-refractivity contribution in [2.24, 2.45) is 5.10 Å². The smallest absolute Gasteiger partial charge is 0.175 e. The number of nitrogens with zero attached hydrogens (tertiary/aromatic N) is 3. The van der Waals surface area contributed by atoms with Gasteiger partial charge < -0.3 is 14.2 Å². The van der Waals surface area contributed by atoms with Crippen molar-refractivity contribution in [3.05, 3.63) is 78.9 Å². The summed E-state index contributed by atoms with van der Waals surface area (Å²) >= 11 is 15.7. The highest BCUT2D eigenvalue weighted by Crippen LogP contribution is 2.37. The average Bonchev–Trinajstić information content (AvgIpc) is 2.79. The van der Waals surface area contributed by atoms with E-state index in [1.165, 1.54) is 0 Å². The predicted molar refractivity (Wildman–Crippen MR) is 137 cm³/mol. The van der Waals surface area contributed by atoms with Gasteiger partial charge in [0.05, 0.1) is 24.4 Å². The Balaban J connectivity index is 1.79. The van der Waals surface area contributed by atoms with Crippen LogP contribution in [-0.4, -0.2) is 25.4 Å². The van der Waals surface area contributed by atoms with Crippen molar-refractivity contribution >= 4 is 51.2 Å². The summed E-state index contributed by atoms with van der Waals surface area (Å²) in [4.78, 5) is 4.37. The molecule has 3 rings (SSSR count). The minimum Gasteiger partial charge on any atom is -0.493 e. The van der Waals surface area contributed by atoms with Crippen LogP contribution in [0.1, 0.15) is 27.9 Å². The second-order valence-electron chi connectivity index (χ2n) is 7.12. The molecule has 0 saturated carbocycles. The van der Waals surface area contributed by atoms with Crippen LogP contribution in [0.25, 0.3) is 0 Å². The van der Waals surface area contributed by atoms with E-state index in [4.69, 9.17) is 37.4 Å². The van der Waals surface area contributed by atoms with Gasteiger partial charge in [0.2, 0.25) is 0 Å². The number of benzene rings is 2. The Bertz CT molecular complexity index is 1260. The van der Waals surface area contributed by atoms with Crippen LogP contribution in [0.4, 0.5) is 5.82 Å². The number of hydrazone groups is 1. The summed E-state index contributed by atoms with van der Waals surface area (Å²) in [7, 11) is 3.13. The molecule has 0 atom stereocenters. The number of anilines is 1. The number of aromatic nitrogens is 1. The quantitative estimate of drug-likeness (QED) is 0.236. The SMILES string of the molecule is COCc1cc(C)nc(N/N=C\c2cc(Br)c(OCc3ccc(Cl)cc3Cl)c(OC)c2)c1C#N. The lowest BCUT2D eigenvalue weighted by Crippen LogP contribution is -2.04. The lowest BCUT2D eigenvalue weighted by atomic mass is 10.1. The van der Waals surface area contributed by atoms with Gasteiger partial charge in [0.1, 0.15) is 18.2 Å². The molecule has 0 saturated heterocycles. The molecule has 2 aromatic carbocycles. The molecule has 1 heterocycles. The zero-order valence-electron chi connectivity index (χ0n) is 18.7. The Morgan fingerprint density at radius 2 is 1.94 bits per heavy atom. The van der Waals surface area contributed by atoms with Crippen molar-refractivity contribution < 1.29 is 14.2 Å². The molecule has 0 aliphatic heterocycles. The molecule has 176 valence electrons. The number of halogens is 3. The number of hydrogen-bond acceptors (Lipinski definition) is 7. The highest BCUT2D eigenvalue weighted by atomic mass is 79.9. The Hall–Kier alpha value is -2.83. The average molecular weight is 564 g/mol. The largest absolute Gasteiger partial charge is 0.493 e. The van der Waals surface area contributed by atoms with Gasteiger partial charge >= 0.3 is 0 Å². The Kier molecular flexibility index (Phi) is 9.13. The highest BCUT2D eigenvalue weighted by Gasteiger charge is 2.14. The minimum atomic E-state index is 0.236. The first-order valence-corrected chi connectivity index (χ1v) is 11.5. The molecule has 0 bridgehead atoms. The second kappa shape index (κ2) is 12.0. The minimum absolute atomic E-state index is 0.236. The first kappa shape index (κ1) is 25.8. The topological polar surface area (TPSA) is 88.8 Å². The number of aryl methyl sites for hydroxylation is 1. The van der Waals surface area contributed by atoms with Crippen LogP contribution in [0.2, 0.25) is 10.0 Å². The van der Waals surface area contributed by atoms with Gasteiger partial charge in [0, 0.05) is 34.0 Å². The van der Waals surface area contributed by atoms with E-state index in [1.807, 2.05) is 25.1 Å². The number of nitriles is 1. The van der Waals surface area contributed by atoms with E-state index < -0.39 is 0 Å². The Labute approximate surface area is 216 Å². The van der Waals surface area contributed by atoms with Gasteiger partial charge in [0.15, 0.2) is 17.3 Å². The summed E-state index contributed by atoms with van der Waals surface area (Å²) < 4.78 is 17.3. The van der Waals surface area contributed by atoms with Crippen LogP contribution in [0, 0.1) is 18.3 Å². The van der Waals surface area contributed by atoms with Gasteiger partial charge in [-0.05, 0) is 58.7 Å². The van der Waals surface area contributed by atoms with E-state index >= 15 is 0 Å². The third-order valence-electron chi connectivity index (χ3n) is 4.66. The molecule has 10 heteroatoms. The van der Waals surface area contributed by atoms with Crippen molar-refractivity contribution in [3.8, 4) is 17.6 Å². The molecule has 0 fully saturated rings.